The van der Waals surface area contributed by atoms with Gasteiger partial charge in [0, 0.05) is 17.2 Å². The molecule has 0 fully saturated rings. The van der Waals surface area contributed by atoms with Crippen LogP contribution in [0.4, 0.5) is 8.78 Å². The number of hydrogen-bond acceptors (Lipinski definition) is 10. The first-order valence-corrected chi connectivity index (χ1v) is 13.5. The molecule has 12 nitrogen and oxygen atoms in total. The maximum Gasteiger partial charge on any atom is 0.286 e. The summed E-state index contributed by atoms with van der Waals surface area (Å²) in [6.07, 6.45) is 2.58. The number of halogens is 2. The Morgan fingerprint density at radius 1 is 1.02 bits per heavy atom. The van der Waals surface area contributed by atoms with Crippen LogP contribution in [0.2, 0.25) is 0 Å². The van der Waals surface area contributed by atoms with Gasteiger partial charge in [0.05, 0.1) is 18.6 Å². The van der Waals surface area contributed by atoms with Crippen LogP contribution in [0.3, 0.4) is 0 Å². The van der Waals surface area contributed by atoms with Gasteiger partial charge in [0.2, 0.25) is 0 Å². The van der Waals surface area contributed by atoms with Gasteiger partial charge in [-0.15, -0.1) is 9.19 Å². The van der Waals surface area contributed by atoms with Gasteiger partial charge < -0.3 is 14.6 Å². The SMILES string of the molecule is COc1cc(-c2nnnn2S(=O)(=O)c2ccc(C)cc2)ccc1OCC(O)(Cn1cncn1)c1ccc(F)cc1F. The minimum Gasteiger partial charge on any atom is -0.493 e. The standard InChI is InChI=1S/C26H23F2N7O5S/c1-17-3-7-20(8-4-17)41(37,38)35-25(31-32-33-35)18-5-10-23(24(11-18)39-2)40-14-26(36,13-34-16-29-15-30-34)21-9-6-19(27)12-22(21)28/h3-12,15-16,36H,13-14H2,1-2H3. The Hall–Kier alpha value is -4.76. The first-order chi connectivity index (χ1) is 19.6. The number of nitrogens with zero attached hydrogens (tertiary/aromatic N) is 7. The fourth-order valence-corrected chi connectivity index (χ4v) is 5.28. The summed E-state index contributed by atoms with van der Waals surface area (Å²) >= 11 is 0. The summed E-state index contributed by atoms with van der Waals surface area (Å²) < 4.78 is 68.0. The average Bonchev–Trinajstić information content (AvgIpc) is 3.65. The normalized spacial score (nSPS) is 13.1. The largest absolute Gasteiger partial charge is 0.493 e. The third-order valence-electron chi connectivity index (χ3n) is 6.20. The van der Waals surface area contributed by atoms with Crippen molar-refractivity contribution in [3.63, 3.8) is 0 Å². The molecule has 3 aromatic carbocycles. The van der Waals surface area contributed by atoms with E-state index >= 15 is 0 Å². The lowest BCUT2D eigenvalue weighted by Crippen LogP contribution is -2.39. The van der Waals surface area contributed by atoms with E-state index < -0.39 is 33.9 Å². The van der Waals surface area contributed by atoms with Crippen LogP contribution < -0.4 is 9.47 Å². The second-order valence-corrected chi connectivity index (χ2v) is 10.8. The fraction of sp³-hybridized carbons (Fsp3) is 0.192. The first-order valence-electron chi connectivity index (χ1n) is 12.0. The second kappa shape index (κ2) is 11.0. The van der Waals surface area contributed by atoms with Gasteiger partial charge >= 0.3 is 0 Å². The summed E-state index contributed by atoms with van der Waals surface area (Å²) in [6, 6.07) is 13.5. The van der Waals surface area contributed by atoms with Gasteiger partial charge in [-0.2, -0.15) is 13.5 Å². The van der Waals surface area contributed by atoms with Crippen molar-refractivity contribution < 1.29 is 31.8 Å². The molecule has 2 heterocycles. The number of benzene rings is 3. The van der Waals surface area contributed by atoms with Gasteiger partial charge in [0.25, 0.3) is 10.0 Å². The van der Waals surface area contributed by atoms with Gasteiger partial charge in [0.15, 0.2) is 17.3 Å². The molecule has 5 rings (SSSR count). The summed E-state index contributed by atoms with van der Waals surface area (Å²) in [5.74, 6) is -1.57. The number of aliphatic hydroxyl groups is 1. The van der Waals surface area contributed by atoms with Crippen molar-refractivity contribution in [2.24, 2.45) is 0 Å². The van der Waals surface area contributed by atoms with Gasteiger partial charge in [-0.3, -0.25) is 0 Å². The molecule has 5 aromatic rings. The predicted molar refractivity (Wildman–Crippen MR) is 139 cm³/mol. The highest BCUT2D eigenvalue weighted by Gasteiger charge is 2.35. The Balaban J connectivity index is 1.45. The monoisotopic (exact) mass is 583 g/mol. The molecule has 0 saturated heterocycles. The van der Waals surface area contributed by atoms with E-state index in [1.165, 1.54) is 54.8 Å². The highest BCUT2D eigenvalue weighted by atomic mass is 32.2. The van der Waals surface area contributed by atoms with Crippen LogP contribution >= 0.6 is 0 Å². The van der Waals surface area contributed by atoms with Crippen molar-refractivity contribution in [1.82, 2.24) is 34.4 Å². The zero-order chi connectivity index (χ0) is 29.2. The molecule has 0 amide bonds. The van der Waals surface area contributed by atoms with Crippen molar-refractivity contribution in [2.45, 2.75) is 24.0 Å². The Morgan fingerprint density at radius 3 is 2.49 bits per heavy atom. The summed E-state index contributed by atoms with van der Waals surface area (Å²) in [5.41, 5.74) is -1.04. The van der Waals surface area contributed by atoms with Gasteiger partial charge in [0.1, 0.15) is 36.5 Å². The molecule has 0 aliphatic carbocycles. The molecule has 0 saturated carbocycles. The minimum atomic E-state index is -4.11. The van der Waals surface area contributed by atoms with Crippen LogP contribution in [0.25, 0.3) is 11.4 Å². The summed E-state index contributed by atoms with van der Waals surface area (Å²) in [5, 5.41) is 26.6. The van der Waals surface area contributed by atoms with E-state index in [9.17, 15) is 22.3 Å². The van der Waals surface area contributed by atoms with Crippen molar-refractivity contribution >= 4 is 10.0 Å². The summed E-state index contributed by atoms with van der Waals surface area (Å²) in [4.78, 5) is 3.83. The number of ether oxygens (including phenoxy) is 2. The minimum absolute atomic E-state index is 0.00302. The number of rotatable bonds is 10. The third-order valence-corrected chi connectivity index (χ3v) is 7.77. The molecular formula is C26H23F2N7O5S. The molecule has 0 aliphatic rings. The van der Waals surface area contributed by atoms with Gasteiger partial charge in [-0.05, 0) is 53.7 Å². The molecule has 0 spiro atoms. The molecule has 2 aromatic heterocycles. The van der Waals surface area contributed by atoms with Crippen LogP contribution in [0.1, 0.15) is 11.1 Å². The molecule has 1 N–H and O–H groups in total. The zero-order valence-electron chi connectivity index (χ0n) is 21.7. The van der Waals surface area contributed by atoms with Crippen LogP contribution in [-0.4, -0.2) is 61.6 Å². The average molecular weight is 584 g/mol. The topological polar surface area (TPSA) is 147 Å². The number of aryl methyl sites for hydroxylation is 1. The lowest BCUT2D eigenvalue weighted by molar-refractivity contribution is -0.0302. The molecule has 0 radical (unpaired) electrons. The quantitative estimate of drug-likeness (QED) is 0.260. The van der Waals surface area contributed by atoms with E-state index in [2.05, 4.69) is 25.6 Å². The first kappa shape index (κ1) is 27.8. The van der Waals surface area contributed by atoms with E-state index in [0.717, 1.165) is 17.7 Å². The molecule has 1 atom stereocenters. The number of tetrazole rings is 1. The number of hydrogen-bond donors (Lipinski definition) is 1. The van der Waals surface area contributed by atoms with Crippen LogP contribution in [0.5, 0.6) is 11.5 Å². The lowest BCUT2D eigenvalue weighted by atomic mass is 9.94. The second-order valence-electron chi connectivity index (χ2n) is 9.07. The Morgan fingerprint density at radius 2 is 1.80 bits per heavy atom. The Kier molecular flexibility index (Phi) is 7.47. The van der Waals surface area contributed by atoms with Crippen molar-refractivity contribution in [3.8, 4) is 22.9 Å². The Bertz CT molecular complexity index is 1780. The molecular weight excluding hydrogens is 560 g/mol. The van der Waals surface area contributed by atoms with E-state index in [1.807, 2.05) is 6.92 Å². The number of methoxy groups -OCH3 is 1. The maximum atomic E-state index is 14.7. The molecule has 1 unspecified atom stereocenters. The van der Waals surface area contributed by atoms with Crippen molar-refractivity contribution in [3.05, 3.63) is 96.1 Å². The van der Waals surface area contributed by atoms with E-state index in [-0.39, 0.29) is 39.9 Å². The van der Waals surface area contributed by atoms with Crippen molar-refractivity contribution in [1.29, 1.82) is 0 Å². The lowest BCUT2D eigenvalue weighted by Gasteiger charge is -2.29. The summed E-state index contributed by atoms with van der Waals surface area (Å²) in [7, 11) is -2.75. The zero-order valence-corrected chi connectivity index (χ0v) is 22.5. The molecule has 15 heteroatoms. The van der Waals surface area contributed by atoms with Crippen LogP contribution in [0.15, 0.2) is 78.2 Å². The van der Waals surface area contributed by atoms with E-state index in [1.54, 1.807) is 12.1 Å². The van der Waals surface area contributed by atoms with Crippen molar-refractivity contribution in [2.75, 3.05) is 13.7 Å². The molecule has 0 bridgehead atoms. The van der Waals surface area contributed by atoms with Crippen LogP contribution in [-0.2, 0) is 22.2 Å². The summed E-state index contributed by atoms with van der Waals surface area (Å²) in [6.45, 7) is 1.08. The maximum absolute atomic E-state index is 14.7. The van der Waals surface area contributed by atoms with E-state index in [0.29, 0.717) is 10.2 Å². The smallest absolute Gasteiger partial charge is 0.286 e. The highest BCUT2D eigenvalue weighted by molar-refractivity contribution is 7.90. The van der Waals surface area contributed by atoms with E-state index in [4.69, 9.17) is 9.47 Å². The molecule has 212 valence electrons. The molecule has 0 aliphatic heterocycles. The van der Waals surface area contributed by atoms with Gasteiger partial charge in [-0.25, -0.2) is 18.4 Å². The predicted octanol–water partition coefficient (Wildman–Crippen LogP) is 2.73. The third kappa shape index (κ3) is 5.62. The van der Waals surface area contributed by atoms with Gasteiger partial charge in [-0.1, -0.05) is 23.8 Å². The molecule has 41 heavy (non-hydrogen) atoms. The fourth-order valence-electron chi connectivity index (χ4n) is 4.10. The highest BCUT2D eigenvalue weighted by Crippen LogP contribution is 2.35. The number of aromatic nitrogens is 7. The van der Waals surface area contributed by atoms with Crippen LogP contribution in [0, 0.1) is 18.6 Å². The Labute approximate surface area is 232 Å².